The van der Waals surface area contributed by atoms with Crippen molar-refractivity contribution in [2.45, 2.75) is 0 Å². The van der Waals surface area contributed by atoms with E-state index < -0.39 is 27.0 Å². The fraction of sp³-hybridized carbons (Fsp3) is 0. The summed E-state index contributed by atoms with van der Waals surface area (Å²) >= 11 is 0. The van der Waals surface area contributed by atoms with Gasteiger partial charge in [-0.25, -0.2) is 21.6 Å². The van der Waals surface area contributed by atoms with E-state index in [0.717, 1.165) is 0 Å². The van der Waals surface area contributed by atoms with Gasteiger partial charge in [0.1, 0.15) is 0 Å². The molecular formula is CH4Mg2Na2O9S2. The van der Waals surface area contributed by atoms with Crippen molar-refractivity contribution in [3.63, 3.8) is 0 Å². The van der Waals surface area contributed by atoms with Gasteiger partial charge in [-0.3, -0.25) is 0 Å². The van der Waals surface area contributed by atoms with Crippen LogP contribution in [0.1, 0.15) is 5.71 Å². The summed E-state index contributed by atoms with van der Waals surface area (Å²) in [5.41, 5.74) is 0. The first-order chi connectivity index (χ1) is 5.10. The van der Waals surface area contributed by atoms with Gasteiger partial charge < -0.3 is 23.2 Å². The van der Waals surface area contributed by atoms with E-state index in [1.54, 1.807) is 0 Å². The van der Waals surface area contributed by atoms with E-state index in [4.69, 9.17) is 0 Å². The van der Waals surface area contributed by atoms with Gasteiger partial charge in [-0.05, 0) is 0 Å². The van der Waals surface area contributed by atoms with Crippen LogP contribution in [0.5, 0.6) is 0 Å². The molecule has 0 N–H and O–H groups in total. The molecule has 0 saturated heterocycles. The van der Waals surface area contributed by atoms with Gasteiger partial charge in [-0.2, -0.15) is 0 Å². The average Bonchev–Trinajstić information content (AvgIpc) is 1.49. The van der Waals surface area contributed by atoms with Crippen LogP contribution in [0.15, 0.2) is 0 Å². The molecule has 0 unspecified atom stereocenters. The van der Waals surface area contributed by atoms with Gasteiger partial charge in [0.15, 0.2) is 0 Å². The number of carbonyl (C=O) groups is 1. The number of hydrogen-bond donors (Lipinski definition) is 0. The van der Waals surface area contributed by atoms with Crippen LogP contribution < -0.4 is 59.1 Å². The molecule has 0 aliphatic carbocycles. The van der Waals surface area contributed by atoms with Crippen LogP contribution in [0, 0.1) is 0 Å². The van der Waals surface area contributed by atoms with Crippen LogP contribution in [0.25, 0.3) is 0 Å². The summed E-state index contributed by atoms with van der Waals surface area (Å²) in [7, 11) is -10.8. The van der Waals surface area contributed by atoms with E-state index in [9.17, 15) is 30.7 Å². The third kappa shape index (κ3) is 25.5. The second-order valence-electron chi connectivity index (χ2n) is 1.23. The van der Waals surface area contributed by atoms with Gasteiger partial charge in [0.25, 0.3) is 20.8 Å². The molecule has 0 aromatic carbocycles. The smallest absolute Gasteiger partial charge is 1.00 e. The second-order valence-corrected chi connectivity index (χ2v) is 3.20. The molecule has 0 fully saturated rings. The maximum absolute atomic E-state index is 9.87. The first-order valence-electron chi connectivity index (χ1n) is 1.95. The molecule has 15 heteroatoms. The van der Waals surface area contributed by atoms with E-state index in [2.05, 4.69) is 8.37 Å². The molecular weight excluding hydrogens is 315 g/mol. The summed E-state index contributed by atoms with van der Waals surface area (Å²) in [5, 5.41) is 0. The molecule has 0 aromatic rings. The molecule has 16 heavy (non-hydrogen) atoms. The van der Waals surface area contributed by atoms with E-state index >= 15 is 0 Å². The summed E-state index contributed by atoms with van der Waals surface area (Å²) in [6, 6.07) is 0. The van der Waals surface area contributed by atoms with Crippen LogP contribution in [0.4, 0.5) is 4.79 Å². The van der Waals surface area contributed by atoms with Crippen molar-refractivity contribution in [3.8, 4) is 0 Å². The fourth-order valence-electron chi connectivity index (χ4n) is 0.181. The zero-order valence-electron chi connectivity index (χ0n) is 12.4. The third-order valence-electron chi connectivity index (χ3n) is 0.340. The first-order valence-corrected chi connectivity index (χ1v) is 4.61. The Kier molecular flexibility index (Phi) is 24.6. The van der Waals surface area contributed by atoms with Crippen molar-refractivity contribution < 1.29 is 104 Å². The quantitative estimate of drug-likeness (QED) is 0.274. The largest absolute Gasteiger partial charge is 2.00 e. The number of hydrogen-bond acceptors (Lipinski definition) is 9. The molecule has 0 rings (SSSR count). The van der Waals surface area contributed by atoms with Gasteiger partial charge >= 0.3 is 111 Å². The predicted octanol–water partition coefficient (Wildman–Crippen LogP) is -8.24. The first kappa shape index (κ1) is 31.2. The normalized spacial score (nSPS) is 9.12. The molecule has 0 spiro atoms. The minimum Gasteiger partial charge on any atom is -1.00 e. The summed E-state index contributed by atoms with van der Waals surface area (Å²) in [4.78, 5) is 9.87. The molecule has 0 heterocycles. The third-order valence-corrected chi connectivity index (χ3v) is 1.02. The number of rotatable bonds is 2. The molecule has 0 aliphatic rings. The second kappa shape index (κ2) is 12.6. The Morgan fingerprint density at radius 1 is 0.875 bits per heavy atom. The maximum Gasteiger partial charge on any atom is 2.00 e. The van der Waals surface area contributed by atoms with E-state index in [1.165, 1.54) is 0 Å². The van der Waals surface area contributed by atoms with Crippen molar-refractivity contribution in [1.82, 2.24) is 0 Å². The maximum atomic E-state index is 9.87. The Balaban J connectivity index is -0.0000000216. The van der Waals surface area contributed by atoms with Crippen molar-refractivity contribution in [2.24, 2.45) is 0 Å². The van der Waals surface area contributed by atoms with Crippen molar-refractivity contribution in [3.05, 3.63) is 0 Å². The van der Waals surface area contributed by atoms with Crippen LogP contribution in [-0.4, -0.2) is 78.2 Å². The SMILES string of the molecule is O=C(OS(=O)(=O)[O-])OS(=O)(=O)[O-].[H-].[H-].[H-].[H-].[Mg+2].[Mg+2].[Na+].[Na+]. The molecule has 0 aromatic heterocycles. The average molecular weight is 319 g/mol. The van der Waals surface area contributed by atoms with E-state index in [1.807, 2.05) is 0 Å². The molecule has 0 aliphatic heterocycles. The van der Waals surface area contributed by atoms with Crippen LogP contribution in [-0.2, 0) is 29.2 Å². The Morgan fingerprint density at radius 2 is 1.06 bits per heavy atom. The van der Waals surface area contributed by atoms with Gasteiger partial charge in [-0.1, -0.05) is 0 Å². The monoisotopic (exact) mass is 318 g/mol. The van der Waals surface area contributed by atoms with Crippen molar-refractivity contribution in [1.29, 1.82) is 0 Å². The minimum absolute atomic E-state index is 0. The van der Waals surface area contributed by atoms with Gasteiger partial charge in [0.05, 0.1) is 0 Å². The van der Waals surface area contributed by atoms with Crippen LogP contribution in [0.3, 0.4) is 0 Å². The van der Waals surface area contributed by atoms with Gasteiger partial charge in [0.2, 0.25) is 0 Å². The Morgan fingerprint density at radius 3 is 1.19 bits per heavy atom. The minimum atomic E-state index is -5.42. The Bertz CT molecular complexity index is 351. The molecule has 0 amide bonds. The molecule has 0 saturated carbocycles. The summed E-state index contributed by atoms with van der Waals surface area (Å²) < 4.78 is 62.9. The molecule has 9 nitrogen and oxygen atoms in total. The fourth-order valence-corrected chi connectivity index (χ4v) is 0.625. The van der Waals surface area contributed by atoms with Crippen LogP contribution in [0.2, 0.25) is 0 Å². The van der Waals surface area contributed by atoms with E-state index in [-0.39, 0.29) is 111 Å². The van der Waals surface area contributed by atoms with E-state index in [0.29, 0.717) is 0 Å². The molecule has 0 radical (unpaired) electrons. The summed E-state index contributed by atoms with van der Waals surface area (Å²) in [6.45, 7) is 0. The predicted molar refractivity (Wildman–Crippen MR) is 42.9 cm³/mol. The summed E-state index contributed by atoms with van der Waals surface area (Å²) in [5.74, 6) is 0. The van der Waals surface area contributed by atoms with Crippen molar-refractivity contribution >= 4 is 73.1 Å². The van der Waals surface area contributed by atoms with Crippen molar-refractivity contribution in [2.75, 3.05) is 0 Å². The molecule has 0 bridgehead atoms. The zero-order valence-corrected chi connectivity index (χ0v) is 16.9. The van der Waals surface area contributed by atoms with Crippen LogP contribution >= 0.6 is 0 Å². The summed E-state index contributed by atoms with van der Waals surface area (Å²) in [6.07, 6.45) is -2.42. The zero-order chi connectivity index (χ0) is 9.99. The van der Waals surface area contributed by atoms with Gasteiger partial charge in [0, 0.05) is 0 Å². The Hall–Kier alpha value is 2.62. The molecule has 80 valence electrons. The number of carbonyl (C=O) groups excluding carboxylic acids is 1. The molecule has 0 atom stereocenters. The standard InChI is InChI=1S/CH2O9S2.2Mg.2Na.4H/c2-1(9-11(3,4)5)10-12(6,7)8;;;;;;;;/h(H,3,4,5)(H,6,7,8);;;;;;;;/q;2*+2;2*+1;4*-1/p-2. The Labute approximate surface area is 174 Å². The topological polar surface area (TPSA) is 150 Å². The van der Waals surface area contributed by atoms with Gasteiger partial charge in [-0.15, -0.1) is 0 Å².